The van der Waals surface area contributed by atoms with Gasteiger partial charge in [0.15, 0.2) is 5.17 Å². The number of amidine groups is 1. The molecule has 1 aliphatic heterocycles. The Morgan fingerprint density at radius 1 is 1.16 bits per heavy atom. The predicted octanol–water partition coefficient (Wildman–Crippen LogP) is 5.70. The van der Waals surface area contributed by atoms with Crippen molar-refractivity contribution in [1.82, 2.24) is 4.90 Å². The highest BCUT2D eigenvalue weighted by atomic mass is 32.2. The number of hydrogen-bond donors (Lipinski definition) is 1. The third-order valence-corrected chi connectivity index (χ3v) is 8.87. The largest absolute Gasteiger partial charge is 0.347 e. The van der Waals surface area contributed by atoms with Gasteiger partial charge in [0, 0.05) is 30.4 Å². The van der Waals surface area contributed by atoms with Crippen LogP contribution in [0.4, 0.5) is 10.1 Å². The molecule has 0 spiro atoms. The van der Waals surface area contributed by atoms with Gasteiger partial charge < -0.3 is 10.2 Å². The Balaban J connectivity index is 1.28. The number of halogens is 1. The summed E-state index contributed by atoms with van der Waals surface area (Å²) >= 11 is 1.85. The van der Waals surface area contributed by atoms with Crippen LogP contribution in [0.3, 0.4) is 0 Å². The van der Waals surface area contributed by atoms with Crippen molar-refractivity contribution in [1.29, 1.82) is 0 Å². The summed E-state index contributed by atoms with van der Waals surface area (Å²) in [6, 6.07) is 6.18. The Morgan fingerprint density at radius 2 is 1.81 bits per heavy atom. The zero-order valence-corrected chi connectivity index (χ0v) is 19.3. The molecule has 0 radical (unpaired) electrons. The number of benzene rings is 1. The van der Waals surface area contributed by atoms with Crippen LogP contribution in [0.5, 0.6) is 0 Å². The van der Waals surface area contributed by atoms with Gasteiger partial charge in [-0.3, -0.25) is 9.79 Å². The van der Waals surface area contributed by atoms with Gasteiger partial charge in [-0.25, -0.2) is 4.39 Å². The number of nitrogens with one attached hydrogen (secondary N) is 1. The zero-order valence-electron chi connectivity index (χ0n) is 18.5. The summed E-state index contributed by atoms with van der Waals surface area (Å²) in [5.74, 6) is 3.30. The first-order valence-electron chi connectivity index (χ1n) is 12.1. The molecular weight excluding hydrogens is 409 g/mol. The van der Waals surface area contributed by atoms with E-state index in [4.69, 9.17) is 4.99 Å². The molecule has 6 heteroatoms. The van der Waals surface area contributed by atoms with E-state index in [-0.39, 0.29) is 23.3 Å². The fraction of sp³-hybridized carbons (Fsp3) is 0.680. The van der Waals surface area contributed by atoms with E-state index < -0.39 is 0 Å². The third-order valence-electron chi connectivity index (χ3n) is 7.73. The molecule has 4 saturated carbocycles. The minimum absolute atomic E-state index is 0.00485. The van der Waals surface area contributed by atoms with Crippen molar-refractivity contribution in [3.05, 3.63) is 30.1 Å². The minimum atomic E-state index is -0.290. The van der Waals surface area contributed by atoms with E-state index in [1.807, 2.05) is 11.8 Å². The third kappa shape index (κ3) is 4.64. The van der Waals surface area contributed by atoms with Crippen molar-refractivity contribution in [2.45, 2.75) is 76.3 Å². The first kappa shape index (κ1) is 21.3. The summed E-state index contributed by atoms with van der Waals surface area (Å²) in [6.45, 7) is 3.19. The zero-order chi connectivity index (χ0) is 21.4. The second-order valence-corrected chi connectivity index (χ2v) is 11.3. The normalized spacial score (nSPS) is 35.2. The van der Waals surface area contributed by atoms with Crippen molar-refractivity contribution in [2.75, 3.05) is 17.6 Å². The molecule has 6 rings (SSSR count). The monoisotopic (exact) mass is 443 g/mol. The van der Waals surface area contributed by atoms with Gasteiger partial charge in [0.05, 0.1) is 5.54 Å². The second kappa shape index (κ2) is 8.76. The van der Waals surface area contributed by atoms with E-state index in [0.717, 1.165) is 42.9 Å². The average molecular weight is 444 g/mol. The number of carbonyl (C=O) groups is 1. The molecule has 1 unspecified atom stereocenters. The number of thioether (sulfide) groups is 1. The molecule has 31 heavy (non-hydrogen) atoms. The highest BCUT2D eigenvalue weighted by Gasteiger charge is 2.51. The van der Waals surface area contributed by atoms with Gasteiger partial charge in [0.2, 0.25) is 5.91 Å². The van der Waals surface area contributed by atoms with E-state index in [1.165, 1.54) is 55.8 Å². The molecule has 1 aromatic rings. The van der Waals surface area contributed by atoms with Crippen LogP contribution in [0.25, 0.3) is 0 Å². The van der Waals surface area contributed by atoms with Crippen LogP contribution in [-0.2, 0) is 4.79 Å². The maximum Gasteiger partial charge on any atom is 0.226 e. The number of carbonyl (C=O) groups excluding carboxylic acids is 1. The molecule has 0 aromatic heterocycles. The Kier molecular flexibility index (Phi) is 6.02. The smallest absolute Gasteiger partial charge is 0.226 e. The van der Waals surface area contributed by atoms with Crippen molar-refractivity contribution in [3.8, 4) is 0 Å². The van der Waals surface area contributed by atoms with E-state index in [0.29, 0.717) is 12.1 Å². The fourth-order valence-corrected chi connectivity index (χ4v) is 8.04. The molecule has 1 amide bonds. The molecule has 168 valence electrons. The predicted molar refractivity (Wildman–Crippen MR) is 126 cm³/mol. The lowest BCUT2D eigenvalue weighted by atomic mass is 9.53. The molecule has 5 fully saturated rings. The topological polar surface area (TPSA) is 44.7 Å². The summed E-state index contributed by atoms with van der Waals surface area (Å²) in [5.41, 5.74) is 0.826. The number of unbranched alkanes of at least 4 members (excludes halogenated alkanes) is 1. The summed E-state index contributed by atoms with van der Waals surface area (Å²) < 4.78 is 13.1. The molecule has 4 aliphatic carbocycles. The Bertz CT molecular complexity index is 804. The highest BCUT2D eigenvalue weighted by Crippen LogP contribution is 2.57. The first-order chi connectivity index (χ1) is 15.0. The lowest BCUT2D eigenvalue weighted by Gasteiger charge is -2.55. The van der Waals surface area contributed by atoms with Gasteiger partial charge in [-0.15, -0.1) is 0 Å². The molecule has 1 aromatic carbocycles. The van der Waals surface area contributed by atoms with Crippen molar-refractivity contribution >= 4 is 28.5 Å². The van der Waals surface area contributed by atoms with Gasteiger partial charge in [-0.05, 0) is 87.0 Å². The SMILES string of the molecule is CCCCN1C(=NC23CC4CC(CC(C4)C2)C3)SCC1CC(=O)Nc1ccc(F)cc1. The van der Waals surface area contributed by atoms with Crippen LogP contribution in [0.1, 0.15) is 64.7 Å². The molecular formula is C25H34FN3OS. The summed E-state index contributed by atoms with van der Waals surface area (Å²) in [7, 11) is 0. The molecule has 1 heterocycles. The van der Waals surface area contributed by atoms with Crippen molar-refractivity contribution in [3.63, 3.8) is 0 Å². The average Bonchev–Trinajstić information content (AvgIpc) is 3.07. The number of rotatable bonds is 7. The molecule has 4 bridgehead atoms. The number of aliphatic imine (C=N–C) groups is 1. The summed E-state index contributed by atoms with van der Waals surface area (Å²) in [5, 5.41) is 4.12. The van der Waals surface area contributed by atoms with Gasteiger partial charge >= 0.3 is 0 Å². The van der Waals surface area contributed by atoms with Crippen LogP contribution >= 0.6 is 11.8 Å². The highest BCUT2D eigenvalue weighted by molar-refractivity contribution is 8.14. The van der Waals surface area contributed by atoms with Gasteiger partial charge in [0.1, 0.15) is 5.82 Å². The van der Waals surface area contributed by atoms with E-state index in [1.54, 1.807) is 12.1 Å². The van der Waals surface area contributed by atoms with Gasteiger partial charge in [-0.2, -0.15) is 0 Å². The van der Waals surface area contributed by atoms with Crippen LogP contribution in [-0.4, -0.2) is 39.9 Å². The minimum Gasteiger partial charge on any atom is -0.347 e. The van der Waals surface area contributed by atoms with Crippen LogP contribution in [0, 0.1) is 23.6 Å². The van der Waals surface area contributed by atoms with Crippen molar-refractivity contribution in [2.24, 2.45) is 22.7 Å². The molecule has 4 nitrogen and oxygen atoms in total. The number of anilines is 1. The van der Waals surface area contributed by atoms with Crippen LogP contribution in [0.2, 0.25) is 0 Å². The van der Waals surface area contributed by atoms with Crippen molar-refractivity contribution < 1.29 is 9.18 Å². The second-order valence-electron chi connectivity index (χ2n) is 10.3. The first-order valence-corrected chi connectivity index (χ1v) is 13.1. The molecule has 1 saturated heterocycles. The van der Waals surface area contributed by atoms with E-state index >= 15 is 0 Å². The van der Waals surface area contributed by atoms with Crippen LogP contribution in [0.15, 0.2) is 29.3 Å². The molecule has 5 aliphatic rings. The standard InChI is InChI=1S/C25H34FN3OS/c1-2-3-8-29-22(12-23(30)27-21-6-4-20(26)5-7-21)16-31-24(29)28-25-13-17-9-18(14-25)11-19(10-17)15-25/h4-7,17-19,22H,2-3,8-16H2,1H3,(H,27,30). The maximum atomic E-state index is 13.1. The molecule has 1 atom stereocenters. The lowest BCUT2D eigenvalue weighted by Crippen LogP contribution is -2.50. The van der Waals surface area contributed by atoms with Gasteiger partial charge in [0.25, 0.3) is 0 Å². The molecule has 1 N–H and O–H groups in total. The summed E-state index contributed by atoms with van der Waals surface area (Å²) in [6.07, 6.45) is 10.8. The quantitative estimate of drug-likeness (QED) is 0.588. The maximum absolute atomic E-state index is 13.1. The Morgan fingerprint density at radius 3 is 2.42 bits per heavy atom. The van der Waals surface area contributed by atoms with Gasteiger partial charge in [-0.1, -0.05) is 25.1 Å². The Hall–Kier alpha value is -1.56. The summed E-state index contributed by atoms with van der Waals surface area (Å²) in [4.78, 5) is 20.6. The van der Waals surface area contributed by atoms with E-state index in [9.17, 15) is 9.18 Å². The lowest BCUT2D eigenvalue weighted by molar-refractivity contribution is -0.116. The number of nitrogens with zero attached hydrogens (tertiary/aromatic N) is 2. The number of amides is 1. The fourth-order valence-electron chi connectivity index (χ4n) is 6.74. The van der Waals surface area contributed by atoms with Crippen LogP contribution < -0.4 is 5.32 Å². The number of hydrogen-bond acceptors (Lipinski definition) is 3. The Labute approximate surface area is 189 Å². The van der Waals surface area contributed by atoms with E-state index in [2.05, 4.69) is 17.1 Å².